The minimum absolute atomic E-state index is 0.154. The summed E-state index contributed by atoms with van der Waals surface area (Å²) in [5.74, 6) is -0.581. The summed E-state index contributed by atoms with van der Waals surface area (Å²) in [4.78, 5) is 25.0. The van der Waals surface area contributed by atoms with Crippen molar-refractivity contribution in [3.8, 4) is 0 Å². The Labute approximate surface area is 175 Å². The number of benzene rings is 1. The van der Waals surface area contributed by atoms with Crippen LogP contribution in [0.5, 0.6) is 0 Å². The highest BCUT2D eigenvalue weighted by atomic mass is 35.5. The Bertz CT molecular complexity index is 764. The molecular weight excluding hydrogens is 422 g/mol. The molecule has 0 unspecified atom stereocenters. The molecule has 1 aromatic rings. The van der Waals surface area contributed by atoms with Gasteiger partial charge in [0.15, 0.2) is 0 Å². The Morgan fingerprint density at radius 2 is 1.82 bits per heavy atom. The van der Waals surface area contributed by atoms with Crippen LogP contribution in [0, 0.1) is 5.92 Å². The van der Waals surface area contributed by atoms with Gasteiger partial charge in [-0.2, -0.15) is 0 Å². The number of hydrogen-bond donors (Lipinski definition) is 2. The van der Waals surface area contributed by atoms with Crippen molar-refractivity contribution in [3.63, 3.8) is 0 Å². The van der Waals surface area contributed by atoms with Gasteiger partial charge in [0.25, 0.3) is 0 Å². The molecule has 156 valence electrons. The van der Waals surface area contributed by atoms with Gasteiger partial charge in [-0.1, -0.05) is 24.9 Å². The molecule has 2 rings (SSSR count). The highest BCUT2D eigenvalue weighted by Crippen LogP contribution is 2.21. The van der Waals surface area contributed by atoms with Gasteiger partial charge in [-0.25, -0.2) is 12.7 Å². The van der Waals surface area contributed by atoms with Crippen LogP contribution in [0.15, 0.2) is 29.2 Å². The van der Waals surface area contributed by atoms with Gasteiger partial charge in [-0.3, -0.25) is 20.4 Å². The molecule has 0 saturated carbocycles. The van der Waals surface area contributed by atoms with Crippen molar-refractivity contribution in [3.05, 3.63) is 29.3 Å². The van der Waals surface area contributed by atoms with Crippen LogP contribution in [0.4, 0.5) is 0 Å². The summed E-state index contributed by atoms with van der Waals surface area (Å²) in [7, 11) is -3.24. The van der Waals surface area contributed by atoms with Gasteiger partial charge in [-0.05, 0) is 43.5 Å². The third-order valence-electron chi connectivity index (χ3n) is 4.48. The number of hydrazine groups is 1. The van der Waals surface area contributed by atoms with Gasteiger partial charge in [-0.15, -0.1) is 11.8 Å². The van der Waals surface area contributed by atoms with Crippen LogP contribution in [-0.4, -0.2) is 49.1 Å². The maximum Gasteiger partial charge on any atom is 0.248 e. The molecule has 1 fully saturated rings. The van der Waals surface area contributed by atoms with E-state index in [1.54, 1.807) is 12.1 Å². The average molecular weight is 448 g/mol. The zero-order chi connectivity index (χ0) is 20.6. The number of piperidine rings is 1. The molecule has 1 saturated heterocycles. The highest BCUT2D eigenvalue weighted by molar-refractivity contribution is 8.00. The summed E-state index contributed by atoms with van der Waals surface area (Å²) in [5, 5.41) is 0.630. The van der Waals surface area contributed by atoms with Gasteiger partial charge < -0.3 is 0 Å². The molecule has 10 heteroatoms. The number of unbranched alkanes of at least 4 members (excludes halogenated alkanes) is 1. The van der Waals surface area contributed by atoms with Crippen molar-refractivity contribution in [1.29, 1.82) is 0 Å². The molecule has 2 N–H and O–H groups in total. The highest BCUT2D eigenvalue weighted by Gasteiger charge is 2.30. The van der Waals surface area contributed by atoms with E-state index in [1.165, 1.54) is 16.1 Å². The first kappa shape index (κ1) is 23.0. The summed E-state index contributed by atoms with van der Waals surface area (Å²) in [5.41, 5.74) is 4.86. The number of hydrogen-bond acceptors (Lipinski definition) is 5. The predicted molar refractivity (Wildman–Crippen MR) is 111 cm³/mol. The van der Waals surface area contributed by atoms with E-state index in [1.807, 2.05) is 19.1 Å². The average Bonchev–Trinajstić information content (AvgIpc) is 2.70. The van der Waals surface area contributed by atoms with Crippen LogP contribution in [0.25, 0.3) is 0 Å². The largest absolute Gasteiger partial charge is 0.273 e. The molecule has 0 aliphatic carbocycles. The van der Waals surface area contributed by atoms with Crippen LogP contribution in [0.2, 0.25) is 5.02 Å². The summed E-state index contributed by atoms with van der Waals surface area (Å²) in [6, 6.07) is 7.14. The maximum absolute atomic E-state index is 12.2. The number of halogens is 1. The summed E-state index contributed by atoms with van der Waals surface area (Å²) >= 11 is 7.16. The first-order valence-electron chi connectivity index (χ1n) is 9.26. The zero-order valence-electron chi connectivity index (χ0n) is 15.8. The van der Waals surface area contributed by atoms with E-state index < -0.39 is 10.0 Å². The number of carbonyl (C=O) groups is 2. The fourth-order valence-corrected chi connectivity index (χ4v) is 5.30. The fourth-order valence-electron chi connectivity index (χ4n) is 2.80. The van der Waals surface area contributed by atoms with Crippen molar-refractivity contribution in [2.24, 2.45) is 5.92 Å². The Kier molecular flexibility index (Phi) is 9.07. The molecular formula is C18H26ClN3O4S2. The maximum atomic E-state index is 12.2. The lowest BCUT2D eigenvalue weighted by atomic mass is 9.98. The normalized spacial score (nSPS) is 15.9. The SMILES string of the molecule is CCCCS(=O)(=O)N1CCC(C(=O)NNC(=O)CSc2ccc(Cl)cc2)CC1. The van der Waals surface area contributed by atoms with Crippen molar-refractivity contribution < 1.29 is 18.0 Å². The lowest BCUT2D eigenvalue weighted by Gasteiger charge is -2.30. The summed E-state index contributed by atoms with van der Waals surface area (Å²) in [6.07, 6.45) is 2.37. The predicted octanol–water partition coefficient (Wildman–Crippen LogP) is 2.42. The number of carbonyl (C=O) groups excluding carboxylic acids is 2. The third kappa shape index (κ3) is 7.27. The second-order valence-corrected chi connectivity index (χ2v) is 10.2. The van der Waals surface area contributed by atoms with Crippen molar-refractivity contribution in [2.75, 3.05) is 24.6 Å². The monoisotopic (exact) mass is 447 g/mol. The van der Waals surface area contributed by atoms with E-state index in [9.17, 15) is 18.0 Å². The van der Waals surface area contributed by atoms with Crippen molar-refractivity contribution >= 4 is 45.2 Å². The third-order valence-corrected chi connectivity index (χ3v) is 7.70. The minimum Gasteiger partial charge on any atom is -0.273 e. The first-order chi connectivity index (χ1) is 13.3. The number of sulfonamides is 1. The lowest BCUT2D eigenvalue weighted by molar-refractivity contribution is -0.131. The fraction of sp³-hybridized carbons (Fsp3) is 0.556. The number of nitrogens with one attached hydrogen (secondary N) is 2. The van der Waals surface area contributed by atoms with E-state index in [2.05, 4.69) is 10.9 Å². The van der Waals surface area contributed by atoms with Gasteiger partial charge in [0.2, 0.25) is 21.8 Å². The van der Waals surface area contributed by atoms with Crippen molar-refractivity contribution in [1.82, 2.24) is 15.2 Å². The minimum atomic E-state index is -3.24. The van der Waals surface area contributed by atoms with Crippen LogP contribution in [-0.2, 0) is 19.6 Å². The molecule has 0 bridgehead atoms. The smallest absolute Gasteiger partial charge is 0.248 e. The Hall–Kier alpha value is -1.29. The topological polar surface area (TPSA) is 95.6 Å². The molecule has 1 aliphatic heterocycles. The number of amides is 2. The molecule has 0 radical (unpaired) electrons. The molecule has 7 nitrogen and oxygen atoms in total. The molecule has 1 aliphatic rings. The molecule has 1 aromatic carbocycles. The van der Waals surface area contributed by atoms with E-state index in [0.717, 1.165) is 11.3 Å². The van der Waals surface area contributed by atoms with Crippen LogP contribution in [0.3, 0.4) is 0 Å². The Balaban J connectivity index is 1.69. The van der Waals surface area contributed by atoms with Gasteiger partial charge in [0, 0.05) is 28.9 Å². The second kappa shape index (κ2) is 11.0. The van der Waals surface area contributed by atoms with Crippen LogP contribution < -0.4 is 10.9 Å². The second-order valence-electron chi connectivity index (χ2n) is 6.62. The lowest BCUT2D eigenvalue weighted by Crippen LogP contribution is -2.48. The van der Waals surface area contributed by atoms with Crippen molar-refractivity contribution in [2.45, 2.75) is 37.5 Å². The molecule has 28 heavy (non-hydrogen) atoms. The first-order valence-corrected chi connectivity index (χ1v) is 12.2. The quantitative estimate of drug-likeness (QED) is 0.471. The molecule has 0 atom stereocenters. The van der Waals surface area contributed by atoms with Gasteiger partial charge >= 0.3 is 0 Å². The van der Waals surface area contributed by atoms with Crippen LogP contribution in [0.1, 0.15) is 32.6 Å². The number of thioether (sulfide) groups is 1. The van der Waals surface area contributed by atoms with Gasteiger partial charge in [0.05, 0.1) is 11.5 Å². The Morgan fingerprint density at radius 3 is 2.43 bits per heavy atom. The van der Waals surface area contributed by atoms with E-state index in [0.29, 0.717) is 37.4 Å². The molecule has 1 heterocycles. The molecule has 0 aromatic heterocycles. The number of nitrogens with zero attached hydrogens (tertiary/aromatic N) is 1. The molecule has 0 spiro atoms. The van der Waals surface area contributed by atoms with Gasteiger partial charge in [0.1, 0.15) is 0 Å². The summed E-state index contributed by atoms with van der Waals surface area (Å²) in [6.45, 7) is 2.63. The Morgan fingerprint density at radius 1 is 1.18 bits per heavy atom. The standard InChI is InChI=1S/C18H26ClN3O4S2/c1-2-3-12-28(25,26)22-10-8-14(9-11-22)18(24)21-20-17(23)13-27-16-6-4-15(19)5-7-16/h4-7,14H,2-3,8-13H2,1H3,(H,20,23)(H,21,24). The van der Waals surface area contributed by atoms with E-state index >= 15 is 0 Å². The number of rotatable bonds is 8. The zero-order valence-corrected chi connectivity index (χ0v) is 18.2. The van der Waals surface area contributed by atoms with Crippen LogP contribution >= 0.6 is 23.4 Å². The molecule has 2 amide bonds. The van der Waals surface area contributed by atoms with E-state index in [-0.39, 0.29) is 29.2 Å². The van der Waals surface area contributed by atoms with E-state index in [4.69, 9.17) is 11.6 Å². The summed E-state index contributed by atoms with van der Waals surface area (Å²) < 4.78 is 25.9.